The monoisotopic (exact) mass is 630 g/mol. The van der Waals surface area contributed by atoms with Gasteiger partial charge in [0.1, 0.15) is 6.10 Å². The molecule has 0 saturated heterocycles. The van der Waals surface area contributed by atoms with Crippen molar-refractivity contribution in [2.24, 2.45) is 41.4 Å². The standard InChI is InChI=1S/C42H79NO2/c1-6-9-12-20-35-31-38(35)25-17-23-34(24-18-26-39-32-36(39)21-13-10-7-2)41(45-42(44)29-15-16-30-43(4)5)28-19-27-40-33-37(40)22-14-11-8-3/h34-41H,6-33H2,1-5H3. The molecule has 0 radical (unpaired) electrons. The van der Waals surface area contributed by atoms with E-state index in [-0.39, 0.29) is 12.1 Å². The van der Waals surface area contributed by atoms with Crippen LogP contribution in [0, 0.1) is 41.4 Å². The predicted octanol–water partition coefficient (Wildman–Crippen LogP) is 12.4. The zero-order chi connectivity index (χ0) is 32.3. The molecule has 0 heterocycles. The number of hydrogen-bond acceptors (Lipinski definition) is 3. The number of hydrogen-bond donors (Lipinski definition) is 0. The number of rotatable bonds is 31. The molecule has 3 fully saturated rings. The number of nitrogens with zero attached hydrogens (tertiary/aromatic N) is 1. The minimum atomic E-state index is 0.0870. The van der Waals surface area contributed by atoms with Gasteiger partial charge in [-0.15, -0.1) is 0 Å². The van der Waals surface area contributed by atoms with Crippen LogP contribution in [-0.4, -0.2) is 37.6 Å². The lowest BCUT2D eigenvalue weighted by Crippen LogP contribution is -2.28. The molecule has 0 aromatic heterocycles. The molecule has 3 rings (SSSR count). The van der Waals surface area contributed by atoms with Gasteiger partial charge in [0, 0.05) is 6.42 Å². The summed E-state index contributed by atoms with van der Waals surface area (Å²) in [5, 5.41) is 0. The van der Waals surface area contributed by atoms with Gasteiger partial charge in [-0.25, -0.2) is 0 Å². The van der Waals surface area contributed by atoms with Gasteiger partial charge in [-0.1, -0.05) is 130 Å². The highest BCUT2D eigenvalue weighted by Gasteiger charge is 2.38. The fourth-order valence-electron chi connectivity index (χ4n) is 8.72. The van der Waals surface area contributed by atoms with Crippen molar-refractivity contribution in [1.82, 2.24) is 4.90 Å². The Labute approximate surface area is 282 Å². The van der Waals surface area contributed by atoms with Crippen LogP contribution in [0.15, 0.2) is 0 Å². The van der Waals surface area contributed by atoms with Gasteiger partial charge in [0.25, 0.3) is 0 Å². The minimum absolute atomic E-state index is 0.0870. The van der Waals surface area contributed by atoms with Crippen molar-refractivity contribution in [3.8, 4) is 0 Å². The number of ether oxygens (including phenoxy) is 1. The third kappa shape index (κ3) is 17.4. The minimum Gasteiger partial charge on any atom is -0.462 e. The molecule has 3 aliphatic rings. The van der Waals surface area contributed by atoms with E-state index in [4.69, 9.17) is 4.74 Å². The average Bonchev–Trinajstić information content (AvgIpc) is 3.94. The Hall–Kier alpha value is -0.570. The van der Waals surface area contributed by atoms with Crippen molar-refractivity contribution in [1.29, 1.82) is 0 Å². The molecule has 0 amide bonds. The molecule has 264 valence electrons. The first-order valence-corrected chi connectivity index (χ1v) is 20.8. The molecule has 0 N–H and O–H groups in total. The van der Waals surface area contributed by atoms with E-state index in [0.717, 1.165) is 61.3 Å². The fraction of sp³-hybridized carbons (Fsp3) is 0.976. The van der Waals surface area contributed by atoms with Gasteiger partial charge in [0.05, 0.1) is 0 Å². The van der Waals surface area contributed by atoms with Crippen molar-refractivity contribution < 1.29 is 9.53 Å². The van der Waals surface area contributed by atoms with E-state index < -0.39 is 0 Å². The van der Waals surface area contributed by atoms with Crippen LogP contribution < -0.4 is 0 Å². The summed E-state index contributed by atoms with van der Waals surface area (Å²) >= 11 is 0. The average molecular weight is 630 g/mol. The zero-order valence-electron chi connectivity index (χ0n) is 31.2. The van der Waals surface area contributed by atoms with Gasteiger partial charge in [-0.2, -0.15) is 0 Å². The van der Waals surface area contributed by atoms with Gasteiger partial charge >= 0.3 is 5.97 Å². The summed E-state index contributed by atoms with van der Waals surface area (Å²) < 4.78 is 6.50. The van der Waals surface area contributed by atoms with Crippen LogP contribution in [0.5, 0.6) is 0 Å². The SMILES string of the molecule is CCCCCC1CC1CCCC(CCCC1CC1CCCCC)C(CCCC1CC1CCCCC)OC(=O)CCCCN(C)C. The molecule has 0 bridgehead atoms. The lowest BCUT2D eigenvalue weighted by atomic mass is 9.86. The number of unbranched alkanes of at least 4 members (excludes halogenated alkanes) is 7. The van der Waals surface area contributed by atoms with Gasteiger partial charge in [0.15, 0.2) is 0 Å². The van der Waals surface area contributed by atoms with Crippen LogP contribution in [-0.2, 0) is 9.53 Å². The molecule has 7 unspecified atom stereocenters. The van der Waals surface area contributed by atoms with Crippen LogP contribution in [0.2, 0.25) is 0 Å². The van der Waals surface area contributed by atoms with Gasteiger partial charge in [0.2, 0.25) is 0 Å². The van der Waals surface area contributed by atoms with Crippen molar-refractivity contribution in [3.63, 3.8) is 0 Å². The van der Waals surface area contributed by atoms with E-state index in [1.807, 2.05) is 0 Å². The third-order valence-corrected chi connectivity index (χ3v) is 12.2. The second-order valence-electron chi connectivity index (χ2n) is 16.6. The molecule has 3 saturated carbocycles. The summed E-state index contributed by atoms with van der Waals surface area (Å²) in [6.45, 7) is 8.02. The summed E-state index contributed by atoms with van der Waals surface area (Å²) in [6, 6.07) is 0. The maximum absolute atomic E-state index is 13.2. The van der Waals surface area contributed by atoms with Crippen LogP contribution in [0.25, 0.3) is 0 Å². The third-order valence-electron chi connectivity index (χ3n) is 12.2. The normalized spacial score (nSPS) is 26.6. The summed E-state index contributed by atoms with van der Waals surface area (Å²) in [5.74, 6) is 6.65. The first kappa shape index (κ1) is 38.9. The first-order chi connectivity index (χ1) is 21.9. The quantitative estimate of drug-likeness (QED) is 0.0564. The Bertz CT molecular complexity index is 721. The maximum atomic E-state index is 13.2. The molecule has 3 heteroatoms. The van der Waals surface area contributed by atoms with E-state index in [2.05, 4.69) is 39.8 Å². The predicted molar refractivity (Wildman–Crippen MR) is 195 cm³/mol. The largest absolute Gasteiger partial charge is 0.462 e. The van der Waals surface area contributed by atoms with Gasteiger partial charge in [-0.05, 0) is 120 Å². The van der Waals surface area contributed by atoms with Crippen LogP contribution in [0.4, 0.5) is 0 Å². The molecular weight excluding hydrogens is 550 g/mol. The first-order valence-electron chi connectivity index (χ1n) is 20.8. The fourth-order valence-corrected chi connectivity index (χ4v) is 8.72. The van der Waals surface area contributed by atoms with Gasteiger partial charge < -0.3 is 9.64 Å². The maximum Gasteiger partial charge on any atom is 0.306 e. The van der Waals surface area contributed by atoms with Crippen LogP contribution >= 0.6 is 0 Å². The molecule has 0 spiro atoms. The molecule has 0 aliphatic heterocycles. The summed E-state index contributed by atoms with van der Waals surface area (Å²) in [6.07, 6.45) is 36.0. The molecular formula is C42H79NO2. The Morgan fingerprint density at radius 2 is 0.956 bits per heavy atom. The van der Waals surface area contributed by atoms with E-state index in [9.17, 15) is 4.79 Å². The highest BCUT2D eigenvalue weighted by Crippen LogP contribution is 2.48. The highest BCUT2D eigenvalue weighted by molar-refractivity contribution is 5.69. The Balaban J connectivity index is 1.51. The molecule has 3 aliphatic carbocycles. The molecule has 3 nitrogen and oxygen atoms in total. The van der Waals surface area contributed by atoms with E-state index in [0.29, 0.717) is 12.3 Å². The Kier molecular flexibility index (Phi) is 19.8. The Morgan fingerprint density at radius 3 is 1.36 bits per heavy atom. The zero-order valence-corrected chi connectivity index (χ0v) is 31.2. The molecule has 7 atom stereocenters. The van der Waals surface area contributed by atoms with Crippen LogP contribution in [0.1, 0.15) is 194 Å². The smallest absolute Gasteiger partial charge is 0.306 e. The van der Waals surface area contributed by atoms with Crippen molar-refractivity contribution in [2.75, 3.05) is 20.6 Å². The van der Waals surface area contributed by atoms with Crippen molar-refractivity contribution >= 4 is 5.97 Å². The van der Waals surface area contributed by atoms with Crippen molar-refractivity contribution in [2.45, 2.75) is 200 Å². The molecule has 45 heavy (non-hydrogen) atoms. The highest BCUT2D eigenvalue weighted by atomic mass is 16.5. The van der Waals surface area contributed by atoms with E-state index >= 15 is 0 Å². The van der Waals surface area contributed by atoms with Crippen LogP contribution in [0.3, 0.4) is 0 Å². The summed E-state index contributed by atoms with van der Waals surface area (Å²) in [7, 11) is 4.24. The summed E-state index contributed by atoms with van der Waals surface area (Å²) in [4.78, 5) is 15.4. The summed E-state index contributed by atoms with van der Waals surface area (Å²) in [5.41, 5.74) is 0. The molecule has 0 aromatic carbocycles. The van der Waals surface area contributed by atoms with E-state index in [1.165, 1.54) is 148 Å². The number of esters is 1. The second kappa shape index (κ2) is 22.9. The van der Waals surface area contributed by atoms with E-state index in [1.54, 1.807) is 0 Å². The molecule has 0 aromatic rings. The topological polar surface area (TPSA) is 29.5 Å². The number of carbonyl (C=O) groups is 1. The second-order valence-corrected chi connectivity index (χ2v) is 16.6. The van der Waals surface area contributed by atoms with Crippen molar-refractivity contribution in [3.05, 3.63) is 0 Å². The Morgan fingerprint density at radius 1 is 0.556 bits per heavy atom. The lowest BCUT2D eigenvalue weighted by molar-refractivity contribution is -0.153. The van der Waals surface area contributed by atoms with Gasteiger partial charge in [-0.3, -0.25) is 4.79 Å². The number of carbonyl (C=O) groups excluding carboxylic acids is 1. The lowest BCUT2D eigenvalue weighted by Gasteiger charge is -2.28.